The molecule has 136 valence electrons. The summed E-state index contributed by atoms with van der Waals surface area (Å²) in [6.45, 7) is 12.2. The molecule has 0 N–H and O–H groups in total. The van der Waals surface area contributed by atoms with Crippen molar-refractivity contribution >= 4 is 12.4 Å². The number of aliphatic imine (C=N–C) groups is 2. The minimum absolute atomic E-state index is 0.608. The fourth-order valence-corrected chi connectivity index (χ4v) is 2.70. The van der Waals surface area contributed by atoms with Crippen LogP contribution < -0.4 is 0 Å². The second kappa shape index (κ2) is 10.7. The van der Waals surface area contributed by atoms with E-state index in [9.17, 15) is 0 Å². The Morgan fingerprint density at radius 3 is 2.48 bits per heavy atom. The fourth-order valence-electron chi connectivity index (χ4n) is 2.70. The average molecular weight is 354 g/mol. The smallest absolute Gasteiger partial charge is 0.0716 e. The fraction of sp³-hybridized carbons (Fsp3) is 0.120. The molecule has 0 saturated carbocycles. The summed E-state index contributed by atoms with van der Waals surface area (Å²) in [5.74, 6) is 0. The monoisotopic (exact) mass is 354 g/mol. The van der Waals surface area contributed by atoms with Gasteiger partial charge in [-0.15, -0.1) is 0 Å². The van der Waals surface area contributed by atoms with Crippen LogP contribution in [0, 0.1) is 6.92 Å². The maximum absolute atomic E-state index is 4.87. The van der Waals surface area contributed by atoms with Crippen LogP contribution in [0.25, 0.3) is 0 Å². The van der Waals surface area contributed by atoms with Crippen molar-refractivity contribution in [2.24, 2.45) is 9.98 Å². The molecular formula is C25H26N2. The van der Waals surface area contributed by atoms with Gasteiger partial charge >= 0.3 is 0 Å². The number of aryl methyl sites for hydroxylation is 1. The lowest BCUT2D eigenvalue weighted by molar-refractivity contribution is 1.06. The van der Waals surface area contributed by atoms with Gasteiger partial charge in [0.25, 0.3) is 0 Å². The summed E-state index contributed by atoms with van der Waals surface area (Å²) in [6.07, 6.45) is 9.61. The van der Waals surface area contributed by atoms with Crippen LogP contribution in [0.15, 0.2) is 113 Å². The van der Waals surface area contributed by atoms with Crippen molar-refractivity contribution in [2.75, 3.05) is 0 Å². The Bertz CT molecular complexity index is 897. The van der Waals surface area contributed by atoms with E-state index in [4.69, 9.17) is 4.99 Å². The van der Waals surface area contributed by atoms with E-state index in [0.717, 1.165) is 22.5 Å². The Kier molecular flexibility index (Phi) is 7.92. The number of benzene rings is 2. The Balaban J connectivity index is 2.48. The van der Waals surface area contributed by atoms with Crippen LogP contribution in [0.2, 0.25) is 0 Å². The molecule has 0 aliphatic heterocycles. The van der Waals surface area contributed by atoms with Gasteiger partial charge in [-0.3, -0.25) is 9.98 Å². The van der Waals surface area contributed by atoms with E-state index in [0.29, 0.717) is 6.54 Å². The first-order chi connectivity index (χ1) is 13.2. The first-order valence-corrected chi connectivity index (χ1v) is 8.97. The summed E-state index contributed by atoms with van der Waals surface area (Å²) in [5, 5.41) is 0. The van der Waals surface area contributed by atoms with E-state index in [1.54, 1.807) is 6.08 Å². The minimum Gasteiger partial charge on any atom is -0.280 e. The summed E-state index contributed by atoms with van der Waals surface area (Å²) >= 11 is 0. The predicted octanol–water partition coefficient (Wildman–Crippen LogP) is 6.26. The lowest BCUT2D eigenvalue weighted by atomic mass is 10.1. The van der Waals surface area contributed by atoms with Crippen LogP contribution in [0.1, 0.15) is 23.6 Å². The van der Waals surface area contributed by atoms with Gasteiger partial charge in [0.05, 0.1) is 18.0 Å². The Hall–Kier alpha value is -3.26. The molecule has 2 aromatic rings. The van der Waals surface area contributed by atoms with E-state index in [1.165, 1.54) is 11.1 Å². The molecule has 2 nitrogen and oxygen atoms in total. The molecule has 0 aliphatic rings. The molecule has 0 saturated heterocycles. The lowest BCUT2D eigenvalue weighted by Crippen LogP contribution is -2.00. The maximum Gasteiger partial charge on any atom is 0.0716 e. The molecule has 27 heavy (non-hydrogen) atoms. The van der Waals surface area contributed by atoms with Gasteiger partial charge in [0.15, 0.2) is 0 Å². The molecule has 0 atom stereocenters. The standard InChI is InChI=1S/C25H26N2/c1-5-11-22(12-6-2)24(26-4)18-25(23-15-8-7-9-16-23)27-19-21-14-10-13-20(3)17-21/h5-18H,1,4,19H2,2-3H3/b12-6-,22-11+,24-18-,27-25?. The maximum atomic E-state index is 4.87. The Morgan fingerprint density at radius 2 is 1.85 bits per heavy atom. The highest BCUT2D eigenvalue weighted by atomic mass is 14.8. The third-order valence-corrected chi connectivity index (χ3v) is 3.97. The Labute approximate surface area is 162 Å². The van der Waals surface area contributed by atoms with Crippen molar-refractivity contribution in [1.29, 1.82) is 0 Å². The molecule has 2 rings (SSSR count). The molecule has 0 heterocycles. The second-order valence-corrected chi connectivity index (χ2v) is 6.10. The third-order valence-electron chi connectivity index (χ3n) is 3.97. The van der Waals surface area contributed by atoms with Gasteiger partial charge in [-0.1, -0.05) is 91.0 Å². The van der Waals surface area contributed by atoms with E-state index in [1.807, 2.05) is 49.4 Å². The van der Waals surface area contributed by atoms with Crippen LogP contribution in [0.3, 0.4) is 0 Å². The zero-order valence-electron chi connectivity index (χ0n) is 16.1. The van der Waals surface area contributed by atoms with Crippen molar-refractivity contribution in [3.8, 4) is 0 Å². The highest BCUT2D eigenvalue weighted by molar-refractivity contribution is 6.09. The van der Waals surface area contributed by atoms with E-state index in [-0.39, 0.29) is 0 Å². The highest BCUT2D eigenvalue weighted by Crippen LogP contribution is 2.16. The van der Waals surface area contributed by atoms with Gasteiger partial charge in [0.2, 0.25) is 0 Å². The van der Waals surface area contributed by atoms with Crippen LogP contribution in [0.5, 0.6) is 0 Å². The largest absolute Gasteiger partial charge is 0.280 e. The topological polar surface area (TPSA) is 24.7 Å². The molecule has 0 unspecified atom stereocenters. The molecule has 0 amide bonds. The molecule has 2 heteroatoms. The molecule has 2 aromatic carbocycles. The molecule has 0 spiro atoms. The van der Waals surface area contributed by atoms with Crippen molar-refractivity contribution in [3.63, 3.8) is 0 Å². The van der Waals surface area contributed by atoms with Crippen molar-refractivity contribution in [3.05, 3.63) is 120 Å². The zero-order valence-corrected chi connectivity index (χ0v) is 16.1. The molecule has 0 radical (unpaired) electrons. The molecule has 0 aliphatic carbocycles. The van der Waals surface area contributed by atoms with Crippen LogP contribution >= 0.6 is 0 Å². The zero-order chi connectivity index (χ0) is 19.5. The molecule has 0 bridgehead atoms. The summed E-state index contributed by atoms with van der Waals surface area (Å²) in [7, 11) is 0. The van der Waals surface area contributed by atoms with E-state index >= 15 is 0 Å². The SMILES string of the molecule is C=C/C=C(\C=C/C)C(=C/C(=NCc1cccc(C)c1)c1ccccc1)/N=C. The summed E-state index contributed by atoms with van der Waals surface area (Å²) in [5.41, 5.74) is 6.04. The van der Waals surface area contributed by atoms with Crippen LogP contribution in [0.4, 0.5) is 0 Å². The van der Waals surface area contributed by atoms with Gasteiger partial charge in [0, 0.05) is 0 Å². The lowest BCUT2D eigenvalue weighted by Gasteiger charge is -2.07. The molecular weight excluding hydrogens is 328 g/mol. The van der Waals surface area contributed by atoms with Crippen molar-refractivity contribution in [2.45, 2.75) is 20.4 Å². The van der Waals surface area contributed by atoms with Gasteiger partial charge in [-0.2, -0.15) is 0 Å². The molecule has 0 fully saturated rings. The van der Waals surface area contributed by atoms with E-state index in [2.05, 4.69) is 61.6 Å². The van der Waals surface area contributed by atoms with Gasteiger partial charge < -0.3 is 0 Å². The first kappa shape index (κ1) is 20.1. The number of nitrogens with zero attached hydrogens (tertiary/aromatic N) is 2. The molecule has 0 aromatic heterocycles. The number of hydrogen-bond donors (Lipinski definition) is 0. The normalized spacial score (nSPS) is 13.0. The van der Waals surface area contributed by atoms with E-state index < -0.39 is 0 Å². The third kappa shape index (κ3) is 6.19. The number of allylic oxidation sites excluding steroid dienone is 5. The first-order valence-electron chi connectivity index (χ1n) is 8.97. The average Bonchev–Trinajstić information content (AvgIpc) is 2.69. The van der Waals surface area contributed by atoms with Crippen molar-refractivity contribution < 1.29 is 0 Å². The van der Waals surface area contributed by atoms with Crippen LogP contribution in [-0.2, 0) is 6.54 Å². The Morgan fingerprint density at radius 1 is 1.07 bits per heavy atom. The second-order valence-electron chi connectivity index (χ2n) is 6.10. The van der Waals surface area contributed by atoms with Crippen LogP contribution in [-0.4, -0.2) is 12.4 Å². The summed E-state index contributed by atoms with van der Waals surface area (Å²) < 4.78 is 0. The minimum atomic E-state index is 0.608. The van der Waals surface area contributed by atoms with Crippen molar-refractivity contribution in [1.82, 2.24) is 0 Å². The summed E-state index contributed by atoms with van der Waals surface area (Å²) in [4.78, 5) is 9.09. The number of hydrogen-bond acceptors (Lipinski definition) is 2. The van der Waals surface area contributed by atoms with Gasteiger partial charge in [-0.05, 0) is 43.3 Å². The number of rotatable bonds is 8. The van der Waals surface area contributed by atoms with Gasteiger partial charge in [-0.25, -0.2) is 0 Å². The highest BCUT2D eigenvalue weighted by Gasteiger charge is 2.05. The summed E-state index contributed by atoms with van der Waals surface area (Å²) in [6, 6.07) is 18.5. The van der Waals surface area contributed by atoms with Gasteiger partial charge in [0.1, 0.15) is 0 Å². The quantitative estimate of drug-likeness (QED) is 0.395. The predicted molar refractivity (Wildman–Crippen MR) is 119 cm³/mol.